The number of aryl methyl sites for hydroxylation is 2. The number of rotatable bonds is 3. The van der Waals surface area contributed by atoms with Crippen LogP contribution in [-0.2, 0) is 23.1 Å². The van der Waals surface area contributed by atoms with Gasteiger partial charge in [0.1, 0.15) is 16.9 Å². The molecule has 0 unspecified atom stereocenters. The normalized spacial score (nSPS) is 25.2. The summed E-state index contributed by atoms with van der Waals surface area (Å²) in [5, 5.41) is 4.26. The van der Waals surface area contributed by atoms with Crippen LogP contribution in [0, 0.1) is 0 Å². The van der Waals surface area contributed by atoms with E-state index in [0.29, 0.717) is 17.9 Å². The highest BCUT2D eigenvalue weighted by molar-refractivity contribution is 6.01. The van der Waals surface area contributed by atoms with Crippen LogP contribution in [0.15, 0.2) is 36.4 Å². The summed E-state index contributed by atoms with van der Waals surface area (Å²) < 4.78 is 16.3. The van der Waals surface area contributed by atoms with Gasteiger partial charge in [0.15, 0.2) is 5.82 Å². The topological polar surface area (TPSA) is 117 Å². The molecule has 2 aromatic heterocycles. The molecule has 0 saturated carbocycles. The van der Waals surface area contributed by atoms with Gasteiger partial charge in [-0.15, -0.1) is 0 Å². The first-order chi connectivity index (χ1) is 21.6. The van der Waals surface area contributed by atoms with Crippen LogP contribution in [-0.4, -0.2) is 68.3 Å². The maximum Gasteiger partial charge on any atom is 0.254 e. The van der Waals surface area contributed by atoms with Gasteiger partial charge in [-0.3, -0.25) is 9.59 Å². The van der Waals surface area contributed by atoms with Gasteiger partial charge in [0.25, 0.3) is 11.8 Å². The monoisotopic (exact) mass is 612 g/mol. The second-order valence-electron chi connectivity index (χ2n) is 13.6. The number of nitrogens with zero attached hydrogens (tertiary/aromatic N) is 4. The van der Waals surface area contributed by atoms with Crippen molar-refractivity contribution in [2.24, 2.45) is 12.8 Å². The molecule has 2 fully saturated rings. The number of hydrogen-bond donors (Lipinski definition) is 2. The average molecular weight is 613 g/mol. The van der Waals surface area contributed by atoms with Crippen molar-refractivity contribution in [1.82, 2.24) is 24.3 Å². The van der Waals surface area contributed by atoms with Crippen LogP contribution < -0.4 is 15.8 Å². The third-order valence-electron chi connectivity index (χ3n) is 10.3. The Hall–Kier alpha value is -3.89. The number of nitrogens with two attached hydrogens (primary N) is 1. The fourth-order valence-corrected chi connectivity index (χ4v) is 7.68. The SMILES string of the molecule is COc1cc(C(=O)N2[C@H]3CC[C@@H]2[C@H](N)C3)cc2nc(-c3cc4ccc5cc4n3CCCCCOC(C)(C)C(=O)N[C@@H]5C)n(C)c12. The number of nitrogens with one attached hydrogen (secondary N) is 1. The molecule has 2 saturated heterocycles. The molecule has 3 N–H and O–H groups in total. The highest BCUT2D eigenvalue weighted by Gasteiger charge is 2.47. The predicted molar refractivity (Wildman–Crippen MR) is 174 cm³/mol. The number of benzene rings is 2. The van der Waals surface area contributed by atoms with Crippen molar-refractivity contribution in [2.75, 3.05) is 13.7 Å². The van der Waals surface area contributed by atoms with Crippen LogP contribution in [0.3, 0.4) is 0 Å². The maximum atomic E-state index is 13.8. The van der Waals surface area contributed by atoms with Gasteiger partial charge in [-0.1, -0.05) is 12.1 Å². The number of imidazole rings is 1. The van der Waals surface area contributed by atoms with Crippen LogP contribution in [0.1, 0.15) is 81.3 Å². The molecule has 0 radical (unpaired) electrons. The van der Waals surface area contributed by atoms with Crippen molar-refractivity contribution in [3.63, 3.8) is 0 Å². The Morgan fingerprint density at radius 3 is 2.69 bits per heavy atom. The molecule has 4 bridgehead atoms. The first kappa shape index (κ1) is 29.8. The summed E-state index contributed by atoms with van der Waals surface area (Å²) in [6.07, 6.45) is 5.64. The van der Waals surface area contributed by atoms with E-state index in [4.69, 9.17) is 20.2 Å². The molecule has 5 heterocycles. The van der Waals surface area contributed by atoms with E-state index in [1.54, 1.807) is 7.11 Å². The molecule has 238 valence electrons. The maximum absolute atomic E-state index is 13.8. The van der Waals surface area contributed by atoms with E-state index in [1.807, 2.05) is 44.9 Å². The largest absolute Gasteiger partial charge is 0.494 e. The minimum absolute atomic E-state index is 0.00577. The van der Waals surface area contributed by atoms with Crippen LogP contribution in [0.4, 0.5) is 0 Å². The number of carbonyl (C=O) groups is 2. The van der Waals surface area contributed by atoms with Gasteiger partial charge in [0.05, 0.1) is 24.4 Å². The average Bonchev–Trinajstić information content (AvgIpc) is 3.77. The number of amides is 2. The van der Waals surface area contributed by atoms with Crippen molar-refractivity contribution in [3.8, 4) is 17.3 Å². The third-order valence-corrected chi connectivity index (χ3v) is 10.3. The van der Waals surface area contributed by atoms with Gasteiger partial charge < -0.3 is 34.6 Å². The van der Waals surface area contributed by atoms with E-state index < -0.39 is 5.60 Å². The van der Waals surface area contributed by atoms with E-state index in [9.17, 15) is 9.59 Å². The van der Waals surface area contributed by atoms with E-state index >= 15 is 0 Å². The third kappa shape index (κ3) is 4.98. The first-order valence-electron chi connectivity index (χ1n) is 16.3. The molecule has 10 nitrogen and oxygen atoms in total. The lowest BCUT2D eigenvalue weighted by Gasteiger charge is -2.27. The summed E-state index contributed by atoms with van der Waals surface area (Å²) in [5.41, 5.74) is 10.8. The lowest BCUT2D eigenvalue weighted by Crippen LogP contribution is -2.45. The molecular weight excluding hydrogens is 568 g/mol. The van der Waals surface area contributed by atoms with Gasteiger partial charge in [-0.25, -0.2) is 4.98 Å². The van der Waals surface area contributed by atoms with Gasteiger partial charge in [-0.2, -0.15) is 0 Å². The van der Waals surface area contributed by atoms with E-state index in [1.165, 1.54) is 0 Å². The molecule has 3 aliphatic rings. The van der Waals surface area contributed by atoms with Crippen molar-refractivity contribution >= 4 is 33.8 Å². The summed E-state index contributed by atoms with van der Waals surface area (Å²) in [7, 11) is 3.65. The summed E-state index contributed by atoms with van der Waals surface area (Å²) in [4.78, 5) is 34.0. The second kappa shape index (κ2) is 11.2. The molecule has 7 rings (SSSR count). The van der Waals surface area contributed by atoms with Crippen LogP contribution in [0.5, 0.6) is 5.75 Å². The van der Waals surface area contributed by atoms with E-state index in [2.05, 4.69) is 38.7 Å². The van der Waals surface area contributed by atoms with Crippen molar-refractivity contribution < 1.29 is 19.1 Å². The second-order valence-corrected chi connectivity index (χ2v) is 13.6. The Morgan fingerprint density at radius 2 is 1.96 bits per heavy atom. The molecule has 45 heavy (non-hydrogen) atoms. The van der Waals surface area contributed by atoms with Crippen LogP contribution in [0.2, 0.25) is 0 Å². The Labute approximate surface area is 263 Å². The predicted octanol–water partition coefficient (Wildman–Crippen LogP) is 5.06. The number of carbonyl (C=O) groups excluding carboxylic acids is 2. The zero-order chi connectivity index (χ0) is 31.6. The highest BCUT2D eigenvalue weighted by atomic mass is 16.5. The summed E-state index contributed by atoms with van der Waals surface area (Å²) >= 11 is 0. The summed E-state index contributed by atoms with van der Waals surface area (Å²) in [5.74, 6) is 1.32. The molecule has 4 aromatic rings. The zero-order valence-corrected chi connectivity index (χ0v) is 26.9. The minimum atomic E-state index is -0.886. The lowest BCUT2D eigenvalue weighted by molar-refractivity contribution is -0.143. The van der Waals surface area contributed by atoms with Crippen LogP contribution in [0.25, 0.3) is 33.5 Å². The first-order valence-corrected chi connectivity index (χ1v) is 16.3. The lowest BCUT2D eigenvalue weighted by atomic mass is 9.97. The molecule has 2 aromatic carbocycles. The summed E-state index contributed by atoms with van der Waals surface area (Å²) in [6, 6.07) is 12.5. The molecule has 0 aliphatic carbocycles. The number of aromatic nitrogens is 3. The van der Waals surface area contributed by atoms with Gasteiger partial charge in [0, 0.05) is 54.8 Å². The molecule has 10 heteroatoms. The molecule has 4 atom stereocenters. The summed E-state index contributed by atoms with van der Waals surface area (Å²) in [6.45, 7) is 7.02. The fourth-order valence-electron chi connectivity index (χ4n) is 7.68. The van der Waals surface area contributed by atoms with Gasteiger partial charge in [0.2, 0.25) is 0 Å². The Morgan fingerprint density at radius 1 is 1.13 bits per heavy atom. The number of methoxy groups -OCH3 is 1. The fraction of sp³-hybridized carbons (Fsp3) is 0.514. The molecule has 3 aliphatic heterocycles. The standard InChI is InChI=1S/C35H44N6O4/c1-20-21-9-10-22-17-29(40(28(22)16-21)13-7-6-8-14-45-35(2,3)34(43)37-20)32-38-26-15-23(18-30(44-5)31(26)39(32)4)33(42)41-24-11-12-27(41)25(36)19-24/h9-10,15-18,20,24-25,27H,6-8,11-14,19,36H2,1-5H3,(H,37,43)/t20-,24+,25-,27-/m1/s1. The van der Waals surface area contributed by atoms with E-state index in [0.717, 1.165) is 84.1 Å². The quantitative estimate of drug-likeness (QED) is 0.334. The smallest absolute Gasteiger partial charge is 0.254 e. The van der Waals surface area contributed by atoms with E-state index in [-0.39, 0.29) is 36.0 Å². The highest BCUT2D eigenvalue weighted by Crippen LogP contribution is 2.40. The van der Waals surface area contributed by atoms with Gasteiger partial charge >= 0.3 is 0 Å². The number of fused-ring (bicyclic) bond motifs is 4. The van der Waals surface area contributed by atoms with Crippen molar-refractivity contribution in [2.45, 2.75) is 95.6 Å². The van der Waals surface area contributed by atoms with Crippen molar-refractivity contribution in [1.29, 1.82) is 0 Å². The Bertz CT molecular complexity index is 1800. The zero-order valence-electron chi connectivity index (χ0n) is 26.9. The number of hydrogen-bond acceptors (Lipinski definition) is 6. The Kier molecular flexibility index (Phi) is 7.40. The Balaban J connectivity index is 1.31. The molecule has 2 amide bonds. The van der Waals surface area contributed by atoms with Crippen LogP contribution >= 0.6 is 0 Å². The molecular formula is C35H44N6O4. The number of ether oxygens (including phenoxy) is 2. The van der Waals surface area contributed by atoms with Crippen molar-refractivity contribution in [3.05, 3.63) is 47.5 Å². The van der Waals surface area contributed by atoms with Gasteiger partial charge in [-0.05, 0) is 89.1 Å². The minimum Gasteiger partial charge on any atom is -0.494 e. The molecule has 0 spiro atoms.